The third-order valence-electron chi connectivity index (χ3n) is 2.05. The van der Waals surface area contributed by atoms with Gasteiger partial charge in [0.25, 0.3) is 0 Å². The molecule has 0 spiro atoms. The lowest BCUT2D eigenvalue weighted by Crippen LogP contribution is -2.19. The number of hydrogen-bond acceptors (Lipinski definition) is 5. The average Bonchev–Trinajstić information content (AvgIpc) is 2.18. The second kappa shape index (κ2) is 4.55. The van der Waals surface area contributed by atoms with E-state index >= 15 is 0 Å². The summed E-state index contributed by atoms with van der Waals surface area (Å²) in [5.41, 5.74) is 11.6. The fourth-order valence-corrected chi connectivity index (χ4v) is 1.11. The third kappa shape index (κ3) is 2.74. The molecule has 0 aromatic carbocycles. The van der Waals surface area contributed by atoms with Gasteiger partial charge in [-0.2, -0.15) is 4.98 Å². The maximum atomic E-state index is 5.76. The third-order valence-corrected chi connectivity index (χ3v) is 2.05. The van der Waals surface area contributed by atoms with Gasteiger partial charge in [-0.05, 0) is 6.42 Å². The Morgan fingerprint density at radius 2 is 1.81 bits per heavy atom. The van der Waals surface area contributed by atoms with Gasteiger partial charge < -0.3 is 16.2 Å². The van der Waals surface area contributed by atoms with E-state index in [1.165, 1.54) is 0 Å². The Bertz CT molecular complexity index is 371. The van der Waals surface area contributed by atoms with Gasteiger partial charge in [0.15, 0.2) is 5.82 Å². The number of aromatic nitrogens is 2. The molecule has 5 heteroatoms. The van der Waals surface area contributed by atoms with Crippen LogP contribution in [0.1, 0.15) is 39.9 Å². The van der Waals surface area contributed by atoms with E-state index < -0.39 is 0 Å². The summed E-state index contributed by atoms with van der Waals surface area (Å²) in [5.74, 6) is 1.32. The Hall–Kier alpha value is -1.52. The molecule has 0 saturated carbocycles. The summed E-state index contributed by atoms with van der Waals surface area (Å²) in [6.07, 6.45) is 0.897. The predicted octanol–water partition coefficient (Wildman–Crippen LogP) is 1.73. The Labute approximate surface area is 96.2 Å². The molecule has 90 valence electrons. The lowest BCUT2D eigenvalue weighted by atomic mass is 9.96. The van der Waals surface area contributed by atoms with Crippen LogP contribution in [0, 0.1) is 0 Å². The van der Waals surface area contributed by atoms with Crippen LogP contribution in [-0.2, 0) is 5.41 Å². The number of nitrogens with zero attached hydrogens (tertiary/aromatic N) is 2. The van der Waals surface area contributed by atoms with E-state index in [-0.39, 0.29) is 11.2 Å². The molecule has 5 nitrogen and oxygen atoms in total. The summed E-state index contributed by atoms with van der Waals surface area (Å²) in [6.45, 7) is 8.64. The average molecular weight is 224 g/mol. The number of ether oxygens (including phenoxy) is 1. The standard InChI is InChI=1S/C11H20N4O/c1-5-6-16-9-7(12)8(13)14-10(15-9)11(2,3)4/h5-6,12H2,1-4H3,(H2,13,14,15). The molecule has 0 aliphatic heterocycles. The first kappa shape index (κ1) is 12.5. The van der Waals surface area contributed by atoms with Crippen molar-refractivity contribution < 1.29 is 4.74 Å². The number of anilines is 2. The van der Waals surface area contributed by atoms with Crippen LogP contribution in [0.5, 0.6) is 5.88 Å². The molecular formula is C11H20N4O. The molecule has 0 amide bonds. The van der Waals surface area contributed by atoms with E-state index in [0.29, 0.717) is 24.0 Å². The molecule has 0 unspecified atom stereocenters. The monoisotopic (exact) mass is 224 g/mol. The van der Waals surface area contributed by atoms with Gasteiger partial charge in [0, 0.05) is 5.41 Å². The van der Waals surface area contributed by atoms with E-state index in [9.17, 15) is 0 Å². The van der Waals surface area contributed by atoms with Gasteiger partial charge in [-0.15, -0.1) is 0 Å². The maximum absolute atomic E-state index is 5.76. The zero-order valence-corrected chi connectivity index (χ0v) is 10.4. The van der Waals surface area contributed by atoms with Crippen molar-refractivity contribution in [3.8, 4) is 5.88 Å². The Kier molecular flexibility index (Phi) is 3.57. The molecule has 4 N–H and O–H groups in total. The van der Waals surface area contributed by atoms with Crippen LogP contribution < -0.4 is 16.2 Å². The van der Waals surface area contributed by atoms with Crippen LogP contribution >= 0.6 is 0 Å². The number of nitrogens with two attached hydrogens (primary N) is 2. The summed E-state index contributed by atoms with van der Waals surface area (Å²) in [6, 6.07) is 0. The molecule has 1 aromatic rings. The molecule has 0 atom stereocenters. The van der Waals surface area contributed by atoms with Crippen molar-refractivity contribution in [3.05, 3.63) is 5.82 Å². The summed E-state index contributed by atoms with van der Waals surface area (Å²) in [4.78, 5) is 8.48. The first-order valence-corrected chi connectivity index (χ1v) is 5.42. The Balaban J connectivity index is 3.12. The van der Waals surface area contributed by atoms with Crippen LogP contribution in [0.2, 0.25) is 0 Å². The molecule has 1 heterocycles. The minimum absolute atomic E-state index is 0.174. The SMILES string of the molecule is CCCOc1nc(C(C)(C)C)nc(N)c1N. The van der Waals surface area contributed by atoms with Crippen molar-refractivity contribution in [2.24, 2.45) is 0 Å². The molecule has 0 fully saturated rings. The fraction of sp³-hybridized carbons (Fsp3) is 0.636. The van der Waals surface area contributed by atoms with Crippen molar-refractivity contribution in [2.75, 3.05) is 18.1 Å². The van der Waals surface area contributed by atoms with Gasteiger partial charge in [0.1, 0.15) is 11.5 Å². The largest absolute Gasteiger partial charge is 0.476 e. The molecule has 1 rings (SSSR count). The number of rotatable bonds is 3. The van der Waals surface area contributed by atoms with Crippen LogP contribution in [0.25, 0.3) is 0 Å². The highest BCUT2D eigenvalue weighted by Crippen LogP contribution is 2.28. The van der Waals surface area contributed by atoms with E-state index in [0.717, 1.165) is 6.42 Å². The van der Waals surface area contributed by atoms with E-state index in [1.54, 1.807) is 0 Å². The molecule has 16 heavy (non-hydrogen) atoms. The summed E-state index contributed by atoms with van der Waals surface area (Å²) < 4.78 is 5.45. The van der Waals surface area contributed by atoms with Crippen molar-refractivity contribution in [1.82, 2.24) is 9.97 Å². The second-order valence-corrected chi connectivity index (χ2v) is 4.75. The molecule has 0 radical (unpaired) electrons. The molecule has 0 aliphatic rings. The van der Waals surface area contributed by atoms with Crippen molar-refractivity contribution in [3.63, 3.8) is 0 Å². The van der Waals surface area contributed by atoms with Crippen LogP contribution in [0.3, 0.4) is 0 Å². The minimum atomic E-state index is -0.174. The van der Waals surface area contributed by atoms with Gasteiger partial charge in [0.05, 0.1) is 6.61 Å². The highest BCUT2D eigenvalue weighted by Gasteiger charge is 2.21. The summed E-state index contributed by atoms with van der Waals surface area (Å²) in [5, 5.41) is 0. The van der Waals surface area contributed by atoms with Crippen molar-refractivity contribution in [2.45, 2.75) is 39.5 Å². The zero-order valence-electron chi connectivity index (χ0n) is 10.4. The summed E-state index contributed by atoms with van der Waals surface area (Å²) in [7, 11) is 0. The predicted molar refractivity (Wildman–Crippen MR) is 65.3 cm³/mol. The van der Waals surface area contributed by atoms with Gasteiger partial charge in [-0.3, -0.25) is 0 Å². The lowest BCUT2D eigenvalue weighted by Gasteiger charge is -2.18. The topological polar surface area (TPSA) is 87.0 Å². The van der Waals surface area contributed by atoms with Crippen LogP contribution in [-0.4, -0.2) is 16.6 Å². The highest BCUT2D eigenvalue weighted by molar-refractivity contribution is 5.64. The summed E-state index contributed by atoms with van der Waals surface area (Å²) >= 11 is 0. The molecule has 0 bridgehead atoms. The smallest absolute Gasteiger partial charge is 0.242 e. The maximum Gasteiger partial charge on any atom is 0.242 e. The number of nitrogen functional groups attached to an aromatic ring is 2. The lowest BCUT2D eigenvalue weighted by molar-refractivity contribution is 0.303. The quantitative estimate of drug-likeness (QED) is 0.816. The zero-order chi connectivity index (χ0) is 12.3. The van der Waals surface area contributed by atoms with Gasteiger partial charge >= 0.3 is 0 Å². The first-order chi connectivity index (χ1) is 7.36. The van der Waals surface area contributed by atoms with Gasteiger partial charge in [0.2, 0.25) is 5.88 Å². The van der Waals surface area contributed by atoms with Crippen molar-refractivity contribution in [1.29, 1.82) is 0 Å². The molecular weight excluding hydrogens is 204 g/mol. The second-order valence-electron chi connectivity index (χ2n) is 4.75. The minimum Gasteiger partial charge on any atom is -0.476 e. The molecule has 0 aliphatic carbocycles. The Morgan fingerprint density at radius 3 is 2.31 bits per heavy atom. The molecule has 0 saturated heterocycles. The van der Waals surface area contributed by atoms with Gasteiger partial charge in [-0.25, -0.2) is 4.98 Å². The van der Waals surface area contributed by atoms with E-state index in [1.807, 2.05) is 27.7 Å². The van der Waals surface area contributed by atoms with E-state index in [4.69, 9.17) is 16.2 Å². The van der Waals surface area contributed by atoms with E-state index in [2.05, 4.69) is 9.97 Å². The Morgan fingerprint density at radius 1 is 1.19 bits per heavy atom. The first-order valence-electron chi connectivity index (χ1n) is 5.42. The highest BCUT2D eigenvalue weighted by atomic mass is 16.5. The van der Waals surface area contributed by atoms with Crippen molar-refractivity contribution >= 4 is 11.5 Å². The number of hydrogen-bond donors (Lipinski definition) is 2. The normalized spacial score (nSPS) is 11.5. The molecule has 1 aromatic heterocycles. The van der Waals surface area contributed by atoms with Crippen LogP contribution in [0.4, 0.5) is 11.5 Å². The van der Waals surface area contributed by atoms with Gasteiger partial charge in [-0.1, -0.05) is 27.7 Å². The fourth-order valence-electron chi connectivity index (χ4n) is 1.11. The van der Waals surface area contributed by atoms with Crippen LogP contribution in [0.15, 0.2) is 0 Å².